The molecule has 2 aliphatic rings. The summed E-state index contributed by atoms with van der Waals surface area (Å²) in [5.74, 6) is 1.40. The molecule has 19 heavy (non-hydrogen) atoms. The quantitative estimate of drug-likeness (QED) is 0.766. The van der Waals surface area contributed by atoms with Gasteiger partial charge in [0.25, 0.3) is 0 Å². The monoisotopic (exact) mass is 263 g/mol. The van der Waals surface area contributed by atoms with Crippen LogP contribution in [-0.2, 0) is 0 Å². The van der Waals surface area contributed by atoms with Crippen molar-refractivity contribution in [3.8, 4) is 6.07 Å². The third kappa shape index (κ3) is 2.68. The van der Waals surface area contributed by atoms with Gasteiger partial charge in [-0.25, -0.2) is 0 Å². The van der Waals surface area contributed by atoms with Crippen LogP contribution in [0.15, 0.2) is 0 Å². The molecule has 2 fully saturated rings. The standard InChI is InChI=1S/C17H29NO/c1-3-14-6-5-9-17(19,11-8-14)16(13-18)10-7-15(4-2)12-16/h14-15,19H,3-12H2,1-2H3. The molecule has 0 spiro atoms. The minimum atomic E-state index is -0.713. The zero-order valence-corrected chi connectivity index (χ0v) is 12.6. The lowest BCUT2D eigenvalue weighted by Gasteiger charge is -2.40. The van der Waals surface area contributed by atoms with Gasteiger partial charge in [-0.2, -0.15) is 5.26 Å². The molecule has 0 saturated heterocycles. The fraction of sp³-hybridized carbons (Fsp3) is 0.941. The first-order chi connectivity index (χ1) is 9.09. The number of rotatable bonds is 3. The normalized spacial score (nSPS) is 43.7. The van der Waals surface area contributed by atoms with Crippen molar-refractivity contribution in [3.63, 3.8) is 0 Å². The minimum Gasteiger partial charge on any atom is -0.388 e. The Labute approximate surface area is 118 Å². The first-order valence-electron chi connectivity index (χ1n) is 8.23. The molecule has 2 saturated carbocycles. The number of aliphatic hydroxyl groups is 1. The summed E-state index contributed by atoms with van der Waals surface area (Å²) in [6.07, 6.45) is 10.4. The second kappa shape index (κ2) is 5.83. The van der Waals surface area contributed by atoms with Crippen LogP contribution in [-0.4, -0.2) is 10.7 Å². The van der Waals surface area contributed by atoms with Crippen LogP contribution >= 0.6 is 0 Å². The molecule has 0 heterocycles. The Bertz CT molecular complexity index is 348. The maximum Gasteiger partial charge on any atom is 0.0863 e. The number of hydrogen-bond donors (Lipinski definition) is 1. The first kappa shape index (κ1) is 14.9. The predicted molar refractivity (Wildman–Crippen MR) is 77.5 cm³/mol. The fourth-order valence-corrected chi connectivity index (χ4v) is 4.41. The highest BCUT2D eigenvalue weighted by atomic mass is 16.3. The van der Waals surface area contributed by atoms with E-state index in [4.69, 9.17) is 0 Å². The molecule has 2 nitrogen and oxygen atoms in total. The van der Waals surface area contributed by atoms with Gasteiger partial charge in [-0.1, -0.05) is 39.5 Å². The predicted octanol–water partition coefficient (Wildman–Crippen LogP) is 4.43. The van der Waals surface area contributed by atoms with Crippen molar-refractivity contribution < 1.29 is 5.11 Å². The van der Waals surface area contributed by atoms with E-state index in [1.54, 1.807) is 0 Å². The Morgan fingerprint density at radius 3 is 2.32 bits per heavy atom. The van der Waals surface area contributed by atoms with Gasteiger partial charge in [0.1, 0.15) is 0 Å². The Morgan fingerprint density at radius 2 is 1.74 bits per heavy atom. The molecule has 0 bridgehead atoms. The molecule has 1 N–H and O–H groups in total. The molecule has 2 rings (SSSR count). The molecular formula is C17H29NO. The van der Waals surface area contributed by atoms with Crippen LogP contribution in [0.1, 0.15) is 78.1 Å². The Kier molecular flexibility index (Phi) is 4.56. The average molecular weight is 263 g/mol. The number of nitrogens with zero attached hydrogens (tertiary/aromatic N) is 1. The van der Waals surface area contributed by atoms with Gasteiger partial charge < -0.3 is 5.11 Å². The molecule has 0 aliphatic heterocycles. The van der Waals surface area contributed by atoms with Crippen molar-refractivity contribution in [2.75, 3.05) is 0 Å². The van der Waals surface area contributed by atoms with Crippen molar-refractivity contribution >= 4 is 0 Å². The Hall–Kier alpha value is -0.550. The van der Waals surface area contributed by atoms with Crippen LogP contribution in [0.4, 0.5) is 0 Å². The topological polar surface area (TPSA) is 44.0 Å². The highest BCUT2D eigenvalue weighted by molar-refractivity contribution is 5.15. The molecule has 0 amide bonds. The largest absolute Gasteiger partial charge is 0.388 e. The zero-order chi connectivity index (χ0) is 13.9. The Morgan fingerprint density at radius 1 is 1.05 bits per heavy atom. The van der Waals surface area contributed by atoms with E-state index in [0.29, 0.717) is 5.92 Å². The summed E-state index contributed by atoms with van der Waals surface area (Å²) >= 11 is 0. The van der Waals surface area contributed by atoms with Crippen LogP contribution in [0.3, 0.4) is 0 Å². The van der Waals surface area contributed by atoms with Gasteiger partial charge >= 0.3 is 0 Å². The summed E-state index contributed by atoms with van der Waals surface area (Å²) in [7, 11) is 0. The molecule has 2 heteroatoms. The molecule has 2 aliphatic carbocycles. The summed E-state index contributed by atoms with van der Waals surface area (Å²) in [6.45, 7) is 4.46. The van der Waals surface area contributed by atoms with Gasteiger partial charge in [0.15, 0.2) is 0 Å². The molecule has 108 valence electrons. The third-order valence-electron chi connectivity index (χ3n) is 6.04. The minimum absolute atomic E-state index is 0.448. The lowest BCUT2D eigenvalue weighted by molar-refractivity contribution is -0.0672. The van der Waals surface area contributed by atoms with E-state index in [0.717, 1.165) is 57.3 Å². The first-order valence-corrected chi connectivity index (χ1v) is 8.23. The van der Waals surface area contributed by atoms with E-state index in [2.05, 4.69) is 19.9 Å². The lowest BCUT2D eigenvalue weighted by Crippen LogP contribution is -2.46. The molecule has 0 radical (unpaired) electrons. The van der Waals surface area contributed by atoms with Gasteiger partial charge in [0, 0.05) is 0 Å². The molecular weight excluding hydrogens is 234 g/mol. The average Bonchev–Trinajstić information content (AvgIpc) is 2.78. The van der Waals surface area contributed by atoms with Crippen LogP contribution in [0.2, 0.25) is 0 Å². The van der Waals surface area contributed by atoms with Crippen LogP contribution < -0.4 is 0 Å². The van der Waals surface area contributed by atoms with Crippen molar-refractivity contribution in [1.29, 1.82) is 5.26 Å². The molecule has 0 aromatic heterocycles. The van der Waals surface area contributed by atoms with Crippen molar-refractivity contribution in [2.24, 2.45) is 17.3 Å². The van der Waals surface area contributed by atoms with E-state index in [1.165, 1.54) is 12.8 Å². The van der Waals surface area contributed by atoms with Gasteiger partial charge in [-0.05, 0) is 50.4 Å². The van der Waals surface area contributed by atoms with Gasteiger partial charge in [-0.15, -0.1) is 0 Å². The van der Waals surface area contributed by atoms with E-state index in [9.17, 15) is 10.4 Å². The van der Waals surface area contributed by atoms with E-state index in [1.807, 2.05) is 0 Å². The third-order valence-corrected chi connectivity index (χ3v) is 6.04. The van der Waals surface area contributed by atoms with Crippen LogP contribution in [0, 0.1) is 28.6 Å². The smallest absolute Gasteiger partial charge is 0.0863 e. The summed E-state index contributed by atoms with van der Waals surface area (Å²) in [5, 5.41) is 21.0. The maximum absolute atomic E-state index is 11.2. The SMILES string of the molecule is CCC1CCCC(O)(C2(C#N)CCC(CC)C2)CC1. The summed E-state index contributed by atoms with van der Waals surface area (Å²) in [6, 6.07) is 2.56. The Balaban J connectivity index is 2.15. The van der Waals surface area contributed by atoms with Gasteiger partial charge in [0.05, 0.1) is 17.1 Å². The summed E-state index contributed by atoms with van der Waals surface area (Å²) < 4.78 is 0. The maximum atomic E-state index is 11.2. The van der Waals surface area contributed by atoms with Gasteiger partial charge in [-0.3, -0.25) is 0 Å². The van der Waals surface area contributed by atoms with Crippen molar-refractivity contribution in [2.45, 2.75) is 83.7 Å². The highest BCUT2D eigenvalue weighted by Gasteiger charge is 2.54. The number of hydrogen-bond acceptors (Lipinski definition) is 2. The van der Waals surface area contributed by atoms with Gasteiger partial charge in [0.2, 0.25) is 0 Å². The zero-order valence-electron chi connectivity index (χ0n) is 12.6. The molecule has 0 aromatic rings. The lowest BCUT2D eigenvalue weighted by atomic mass is 9.67. The van der Waals surface area contributed by atoms with Crippen molar-refractivity contribution in [1.82, 2.24) is 0 Å². The fourth-order valence-electron chi connectivity index (χ4n) is 4.41. The second-order valence-corrected chi connectivity index (χ2v) is 6.95. The number of nitriles is 1. The van der Waals surface area contributed by atoms with E-state index < -0.39 is 11.0 Å². The molecule has 4 atom stereocenters. The van der Waals surface area contributed by atoms with Crippen LogP contribution in [0.25, 0.3) is 0 Å². The molecule has 0 aromatic carbocycles. The van der Waals surface area contributed by atoms with Crippen LogP contribution in [0.5, 0.6) is 0 Å². The summed E-state index contributed by atoms with van der Waals surface area (Å²) in [4.78, 5) is 0. The summed E-state index contributed by atoms with van der Waals surface area (Å²) in [5.41, 5.74) is -1.16. The van der Waals surface area contributed by atoms with Crippen molar-refractivity contribution in [3.05, 3.63) is 0 Å². The molecule has 4 unspecified atom stereocenters. The van der Waals surface area contributed by atoms with E-state index in [-0.39, 0.29) is 0 Å². The van der Waals surface area contributed by atoms with E-state index >= 15 is 0 Å². The highest BCUT2D eigenvalue weighted by Crippen LogP contribution is 2.54. The second-order valence-electron chi connectivity index (χ2n) is 6.95.